The Bertz CT molecular complexity index is 429. The Morgan fingerprint density at radius 1 is 1.33 bits per heavy atom. The molecule has 0 aromatic heterocycles. The van der Waals surface area contributed by atoms with E-state index < -0.39 is 0 Å². The van der Waals surface area contributed by atoms with Crippen molar-refractivity contribution < 1.29 is 4.39 Å². The topological polar surface area (TPSA) is 12.0 Å². The first-order chi connectivity index (χ1) is 10.2. The van der Waals surface area contributed by atoms with E-state index in [9.17, 15) is 4.39 Å². The zero-order chi connectivity index (χ0) is 15.1. The fraction of sp³-hybridized carbons (Fsp3) is 0.667. The van der Waals surface area contributed by atoms with E-state index in [1.165, 1.54) is 31.2 Å². The number of hydrogen-bond acceptors (Lipinski definition) is 2. The van der Waals surface area contributed by atoms with Gasteiger partial charge in [-0.3, -0.25) is 0 Å². The second-order valence-electron chi connectivity index (χ2n) is 6.17. The molecule has 0 bridgehead atoms. The number of aryl methyl sites for hydroxylation is 1. The Morgan fingerprint density at radius 3 is 2.81 bits per heavy atom. The molecule has 3 heteroatoms. The minimum absolute atomic E-state index is 0.117. The van der Waals surface area contributed by atoms with Crippen molar-refractivity contribution in [2.75, 3.05) is 12.3 Å². The maximum absolute atomic E-state index is 13.5. The molecule has 1 aliphatic rings. The van der Waals surface area contributed by atoms with Crippen LogP contribution in [0.3, 0.4) is 0 Å². The van der Waals surface area contributed by atoms with E-state index in [4.69, 9.17) is 0 Å². The molecule has 1 aromatic carbocycles. The molecule has 2 rings (SSSR count). The average molecular weight is 309 g/mol. The normalized spacial score (nSPS) is 17.3. The monoisotopic (exact) mass is 309 g/mol. The zero-order valence-corrected chi connectivity index (χ0v) is 14.1. The minimum atomic E-state index is -0.117. The van der Waals surface area contributed by atoms with Crippen molar-refractivity contribution in [3.8, 4) is 0 Å². The number of nitrogens with one attached hydrogen (secondary N) is 1. The summed E-state index contributed by atoms with van der Waals surface area (Å²) < 4.78 is 13.5. The molecule has 1 N–H and O–H groups in total. The van der Waals surface area contributed by atoms with Crippen LogP contribution in [0.25, 0.3) is 0 Å². The average Bonchev–Trinajstić information content (AvgIpc) is 2.99. The van der Waals surface area contributed by atoms with Crippen molar-refractivity contribution in [3.05, 3.63) is 35.1 Å². The number of rotatable bonds is 8. The highest BCUT2D eigenvalue weighted by molar-refractivity contribution is 7.99. The van der Waals surface area contributed by atoms with Gasteiger partial charge in [0.15, 0.2) is 0 Å². The summed E-state index contributed by atoms with van der Waals surface area (Å²) in [6, 6.07) is 5.61. The molecule has 1 unspecified atom stereocenters. The summed E-state index contributed by atoms with van der Waals surface area (Å²) in [7, 11) is 0. The molecule has 1 atom stereocenters. The molecule has 0 spiro atoms. The lowest BCUT2D eigenvalue weighted by atomic mass is 10.0. The fourth-order valence-corrected chi connectivity index (χ4v) is 4.38. The van der Waals surface area contributed by atoms with Crippen molar-refractivity contribution in [3.63, 3.8) is 0 Å². The highest BCUT2D eigenvalue weighted by Crippen LogP contribution is 2.30. The predicted octanol–water partition coefficient (Wildman–Crippen LogP) is 4.72. The maximum Gasteiger partial charge on any atom is 0.123 e. The SMILES string of the molecule is CCCNC(CSC1CCCC1)Cc1cc(F)ccc1C. The number of halogens is 1. The molecule has 0 radical (unpaired) electrons. The summed E-state index contributed by atoms with van der Waals surface area (Å²) in [4.78, 5) is 0. The smallest absolute Gasteiger partial charge is 0.123 e. The molecular weight excluding hydrogens is 281 g/mol. The molecule has 118 valence electrons. The lowest BCUT2D eigenvalue weighted by Gasteiger charge is -2.21. The first kappa shape index (κ1) is 16.8. The highest BCUT2D eigenvalue weighted by Gasteiger charge is 2.18. The van der Waals surface area contributed by atoms with E-state index in [-0.39, 0.29) is 5.82 Å². The van der Waals surface area contributed by atoms with E-state index in [0.717, 1.165) is 36.0 Å². The third kappa shape index (κ3) is 5.63. The zero-order valence-electron chi connectivity index (χ0n) is 13.3. The molecule has 1 aromatic rings. The van der Waals surface area contributed by atoms with Gasteiger partial charge in [-0.15, -0.1) is 0 Å². The second kappa shape index (κ2) is 8.79. The van der Waals surface area contributed by atoms with Crippen LogP contribution < -0.4 is 5.32 Å². The summed E-state index contributed by atoms with van der Waals surface area (Å²) in [5, 5.41) is 4.50. The lowest BCUT2D eigenvalue weighted by molar-refractivity contribution is 0.545. The van der Waals surface area contributed by atoms with E-state index in [2.05, 4.69) is 30.9 Å². The molecule has 1 nitrogen and oxygen atoms in total. The third-order valence-corrected chi connectivity index (χ3v) is 5.83. The molecule has 1 saturated carbocycles. The van der Waals surface area contributed by atoms with Crippen LogP contribution in [0.2, 0.25) is 0 Å². The van der Waals surface area contributed by atoms with Crippen LogP contribution in [0, 0.1) is 12.7 Å². The Kier molecular flexibility index (Phi) is 7.05. The molecule has 0 amide bonds. The molecule has 1 fully saturated rings. The van der Waals surface area contributed by atoms with Gasteiger partial charge in [0, 0.05) is 17.0 Å². The Hall–Kier alpha value is -0.540. The Labute approximate surface area is 133 Å². The van der Waals surface area contributed by atoms with E-state index in [1.807, 2.05) is 6.07 Å². The molecule has 0 aliphatic heterocycles. The van der Waals surface area contributed by atoms with Gasteiger partial charge in [-0.1, -0.05) is 25.8 Å². The van der Waals surface area contributed by atoms with Crippen LogP contribution in [0.1, 0.15) is 50.2 Å². The van der Waals surface area contributed by atoms with Crippen molar-refractivity contribution in [1.82, 2.24) is 5.32 Å². The van der Waals surface area contributed by atoms with Gasteiger partial charge < -0.3 is 5.32 Å². The van der Waals surface area contributed by atoms with Crippen molar-refractivity contribution in [1.29, 1.82) is 0 Å². The summed E-state index contributed by atoms with van der Waals surface area (Å²) in [5.41, 5.74) is 2.35. The molecule has 0 saturated heterocycles. The second-order valence-corrected chi connectivity index (χ2v) is 7.50. The Balaban J connectivity index is 1.92. The quantitative estimate of drug-likeness (QED) is 0.745. The van der Waals surface area contributed by atoms with E-state index >= 15 is 0 Å². The van der Waals surface area contributed by atoms with Crippen LogP contribution in [-0.4, -0.2) is 23.6 Å². The van der Waals surface area contributed by atoms with Crippen molar-refractivity contribution in [2.45, 2.75) is 63.7 Å². The van der Waals surface area contributed by atoms with Gasteiger partial charge in [0.2, 0.25) is 0 Å². The Morgan fingerprint density at radius 2 is 2.10 bits per heavy atom. The molecule has 21 heavy (non-hydrogen) atoms. The van der Waals surface area contributed by atoms with Gasteiger partial charge in [0.1, 0.15) is 5.82 Å². The van der Waals surface area contributed by atoms with Gasteiger partial charge in [-0.05, 0) is 62.4 Å². The van der Waals surface area contributed by atoms with Gasteiger partial charge in [0.25, 0.3) is 0 Å². The predicted molar refractivity (Wildman–Crippen MR) is 91.6 cm³/mol. The summed E-state index contributed by atoms with van der Waals surface area (Å²) >= 11 is 2.12. The molecule has 0 heterocycles. The van der Waals surface area contributed by atoms with Gasteiger partial charge in [-0.25, -0.2) is 4.39 Å². The maximum atomic E-state index is 13.5. The lowest BCUT2D eigenvalue weighted by Crippen LogP contribution is -2.34. The minimum Gasteiger partial charge on any atom is -0.313 e. The molecular formula is C18H28FNS. The summed E-state index contributed by atoms with van der Waals surface area (Å²) in [5.74, 6) is 1.02. The first-order valence-electron chi connectivity index (χ1n) is 8.29. The van der Waals surface area contributed by atoms with Crippen LogP contribution >= 0.6 is 11.8 Å². The van der Waals surface area contributed by atoms with Crippen molar-refractivity contribution in [2.24, 2.45) is 0 Å². The van der Waals surface area contributed by atoms with Crippen LogP contribution in [0.15, 0.2) is 18.2 Å². The van der Waals surface area contributed by atoms with Gasteiger partial charge in [0.05, 0.1) is 0 Å². The van der Waals surface area contributed by atoms with Gasteiger partial charge in [-0.2, -0.15) is 11.8 Å². The number of benzene rings is 1. The molecule has 1 aliphatic carbocycles. The number of thioether (sulfide) groups is 1. The van der Waals surface area contributed by atoms with E-state index in [0.29, 0.717) is 6.04 Å². The fourth-order valence-electron chi connectivity index (χ4n) is 2.97. The largest absolute Gasteiger partial charge is 0.313 e. The third-order valence-electron chi connectivity index (χ3n) is 4.30. The van der Waals surface area contributed by atoms with Crippen molar-refractivity contribution >= 4 is 11.8 Å². The highest BCUT2D eigenvalue weighted by atomic mass is 32.2. The summed E-state index contributed by atoms with van der Waals surface area (Å²) in [6.07, 6.45) is 7.63. The van der Waals surface area contributed by atoms with Gasteiger partial charge >= 0.3 is 0 Å². The number of hydrogen-bond donors (Lipinski definition) is 1. The van der Waals surface area contributed by atoms with Crippen LogP contribution in [0.5, 0.6) is 0 Å². The van der Waals surface area contributed by atoms with E-state index in [1.54, 1.807) is 12.1 Å². The summed E-state index contributed by atoms with van der Waals surface area (Å²) in [6.45, 7) is 5.32. The first-order valence-corrected chi connectivity index (χ1v) is 9.34. The van der Waals surface area contributed by atoms with Crippen LogP contribution in [-0.2, 0) is 6.42 Å². The van der Waals surface area contributed by atoms with Crippen LogP contribution in [0.4, 0.5) is 4.39 Å². The standard InChI is InChI=1S/C18H28FNS/c1-3-10-20-17(13-21-18-6-4-5-7-18)12-15-11-16(19)9-8-14(15)2/h8-9,11,17-18,20H,3-7,10,12-13H2,1-2H3.